The van der Waals surface area contributed by atoms with Gasteiger partial charge < -0.3 is 15.8 Å². The number of amides is 1. The van der Waals surface area contributed by atoms with Gasteiger partial charge in [0, 0.05) is 12.6 Å². The van der Waals surface area contributed by atoms with E-state index in [0.717, 1.165) is 12.8 Å². The predicted octanol–water partition coefficient (Wildman–Crippen LogP) is 1.22. The molecule has 3 N–H and O–H groups in total. The lowest BCUT2D eigenvalue weighted by molar-refractivity contribution is -0.385. The van der Waals surface area contributed by atoms with Crippen LogP contribution in [0.25, 0.3) is 0 Å². The molecule has 0 spiro atoms. The second kappa shape index (κ2) is 8.87. The number of nitrogens with one attached hydrogen (secondary N) is 1. The van der Waals surface area contributed by atoms with Crippen molar-refractivity contribution in [2.75, 3.05) is 19.7 Å². The van der Waals surface area contributed by atoms with Crippen molar-refractivity contribution in [1.29, 1.82) is 0 Å². The lowest BCUT2D eigenvalue weighted by atomic mass is 10.3. The molecule has 110 valence electrons. The summed E-state index contributed by atoms with van der Waals surface area (Å²) in [6.45, 7) is 1.30. The highest BCUT2D eigenvalue weighted by molar-refractivity contribution is 5.75. The predicted molar refractivity (Wildman–Crippen MR) is 74.5 cm³/mol. The summed E-state index contributed by atoms with van der Waals surface area (Å²) in [5, 5.41) is 13.5. The Labute approximate surface area is 117 Å². The number of para-hydroxylation sites is 2. The summed E-state index contributed by atoms with van der Waals surface area (Å²) < 4.78 is 5.27. The molecule has 0 fully saturated rings. The van der Waals surface area contributed by atoms with Crippen LogP contribution in [-0.4, -0.2) is 30.5 Å². The van der Waals surface area contributed by atoms with E-state index < -0.39 is 4.92 Å². The van der Waals surface area contributed by atoms with Gasteiger partial charge in [0.1, 0.15) is 0 Å². The average Bonchev–Trinajstić information content (AvgIpc) is 2.44. The standard InChI is InChI=1S/C13H19N3O4/c14-8-3-4-9-15-13(17)7-10-20-12-6-2-1-5-11(12)16(18)19/h1-2,5-6H,3-4,7-10,14H2,(H,15,17). The topological polar surface area (TPSA) is 107 Å². The fraction of sp³-hybridized carbons (Fsp3) is 0.462. The SMILES string of the molecule is NCCCCNC(=O)CCOc1ccccc1[N+](=O)[O-]. The third-order valence-electron chi connectivity index (χ3n) is 2.60. The van der Waals surface area contributed by atoms with Gasteiger partial charge in [-0.15, -0.1) is 0 Å². The van der Waals surface area contributed by atoms with Crippen molar-refractivity contribution >= 4 is 11.6 Å². The Kier molecular flexibility index (Phi) is 7.05. The molecule has 1 aromatic rings. The average molecular weight is 281 g/mol. The van der Waals surface area contributed by atoms with Crippen molar-refractivity contribution in [3.8, 4) is 5.75 Å². The van der Waals surface area contributed by atoms with Crippen LogP contribution in [0.2, 0.25) is 0 Å². The minimum Gasteiger partial charge on any atom is -0.486 e. The quantitative estimate of drug-likeness (QED) is 0.402. The summed E-state index contributed by atoms with van der Waals surface area (Å²) in [5.41, 5.74) is 5.24. The number of carbonyl (C=O) groups excluding carboxylic acids is 1. The number of benzene rings is 1. The van der Waals surface area contributed by atoms with Crippen molar-refractivity contribution in [3.63, 3.8) is 0 Å². The summed E-state index contributed by atoms with van der Waals surface area (Å²) in [7, 11) is 0. The monoisotopic (exact) mass is 281 g/mol. The number of unbranched alkanes of at least 4 members (excludes halogenated alkanes) is 1. The van der Waals surface area contributed by atoms with Gasteiger partial charge in [-0.25, -0.2) is 0 Å². The van der Waals surface area contributed by atoms with E-state index in [2.05, 4.69) is 5.32 Å². The molecule has 0 aliphatic rings. The number of rotatable bonds is 9. The molecule has 0 atom stereocenters. The van der Waals surface area contributed by atoms with Gasteiger partial charge in [-0.05, 0) is 25.5 Å². The fourth-order valence-corrected chi connectivity index (χ4v) is 1.57. The molecule has 1 aromatic carbocycles. The van der Waals surface area contributed by atoms with E-state index in [0.29, 0.717) is 13.1 Å². The van der Waals surface area contributed by atoms with E-state index in [9.17, 15) is 14.9 Å². The number of nitro groups is 1. The highest BCUT2D eigenvalue weighted by Gasteiger charge is 2.13. The van der Waals surface area contributed by atoms with Gasteiger partial charge in [0.05, 0.1) is 18.0 Å². The molecule has 0 aromatic heterocycles. The van der Waals surface area contributed by atoms with Crippen LogP contribution in [0.3, 0.4) is 0 Å². The third-order valence-corrected chi connectivity index (χ3v) is 2.60. The molecule has 0 saturated carbocycles. The van der Waals surface area contributed by atoms with Crippen molar-refractivity contribution in [1.82, 2.24) is 5.32 Å². The summed E-state index contributed by atoms with van der Waals surface area (Å²) in [6.07, 6.45) is 1.87. The van der Waals surface area contributed by atoms with Crippen LogP contribution in [0.4, 0.5) is 5.69 Å². The Balaban J connectivity index is 2.30. The Morgan fingerprint density at radius 2 is 2.10 bits per heavy atom. The van der Waals surface area contributed by atoms with E-state index in [-0.39, 0.29) is 30.4 Å². The van der Waals surface area contributed by atoms with Crippen LogP contribution in [0.15, 0.2) is 24.3 Å². The summed E-state index contributed by atoms with van der Waals surface area (Å²) in [6, 6.07) is 6.09. The number of nitrogens with zero attached hydrogens (tertiary/aromatic N) is 1. The van der Waals surface area contributed by atoms with E-state index >= 15 is 0 Å². The first-order valence-electron chi connectivity index (χ1n) is 6.48. The summed E-state index contributed by atoms with van der Waals surface area (Å²) in [4.78, 5) is 21.7. The van der Waals surface area contributed by atoms with Crippen molar-refractivity contribution < 1.29 is 14.5 Å². The van der Waals surface area contributed by atoms with Crippen LogP contribution in [-0.2, 0) is 4.79 Å². The molecule has 1 amide bonds. The van der Waals surface area contributed by atoms with Crippen molar-refractivity contribution in [2.45, 2.75) is 19.3 Å². The van der Waals surface area contributed by atoms with Crippen LogP contribution >= 0.6 is 0 Å². The maximum atomic E-state index is 11.5. The highest BCUT2D eigenvalue weighted by atomic mass is 16.6. The Hall–Kier alpha value is -2.15. The molecule has 0 bridgehead atoms. The molecule has 7 nitrogen and oxygen atoms in total. The van der Waals surface area contributed by atoms with Crippen LogP contribution in [0.5, 0.6) is 5.75 Å². The number of nitrogens with two attached hydrogens (primary N) is 1. The molecule has 7 heteroatoms. The Morgan fingerprint density at radius 1 is 1.35 bits per heavy atom. The van der Waals surface area contributed by atoms with E-state index in [1.807, 2.05) is 0 Å². The molecule has 1 rings (SSSR count). The van der Waals surface area contributed by atoms with Gasteiger partial charge in [-0.3, -0.25) is 14.9 Å². The van der Waals surface area contributed by atoms with E-state index in [4.69, 9.17) is 10.5 Å². The van der Waals surface area contributed by atoms with Crippen molar-refractivity contribution in [3.05, 3.63) is 34.4 Å². The first-order chi connectivity index (χ1) is 9.65. The van der Waals surface area contributed by atoms with E-state index in [1.54, 1.807) is 12.1 Å². The maximum Gasteiger partial charge on any atom is 0.310 e. The van der Waals surface area contributed by atoms with E-state index in [1.165, 1.54) is 12.1 Å². The molecule has 0 heterocycles. The zero-order valence-electron chi connectivity index (χ0n) is 11.2. The van der Waals surface area contributed by atoms with Gasteiger partial charge in [-0.2, -0.15) is 0 Å². The molecular formula is C13H19N3O4. The second-order valence-corrected chi connectivity index (χ2v) is 4.17. The zero-order valence-corrected chi connectivity index (χ0v) is 11.2. The number of nitro benzene ring substituents is 1. The smallest absolute Gasteiger partial charge is 0.310 e. The summed E-state index contributed by atoms with van der Waals surface area (Å²) in [5.74, 6) is 0.0361. The van der Waals surface area contributed by atoms with Crippen molar-refractivity contribution in [2.24, 2.45) is 5.73 Å². The molecule has 0 radical (unpaired) electrons. The number of ether oxygens (including phenoxy) is 1. The van der Waals surface area contributed by atoms with Gasteiger partial charge in [-0.1, -0.05) is 12.1 Å². The van der Waals surface area contributed by atoms with Crippen LogP contribution in [0.1, 0.15) is 19.3 Å². The zero-order chi connectivity index (χ0) is 14.8. The molecule has 0 aliphatic heterocycles. The molecule has 0 unspecified atom stereocenters. The van der Waals surface area contributed by atoms with Crippen LogP contribution < -0.4 is 15.8 Å². The van der Waals surface area contributed by atoms with Gasteiger partial charge >= 0.3 is 5.69 Å². The highest BCUT2D eigenvalue weighted by Crippen LogP contribution is 2.25. The number of hydrogen-bond donors (Lipinski definition) is 2. The Morgan fingerprint density at radius 3 is 2.80 bits per heavy atom. The minimum atomic E-state index is -0.512. The third kappa shape index (κ3) is 5.66. The minimum absolute atomic E-state index is 0.101. The lowest BCUT2D eigenvalue weighted by Crippen LogP contribution is -2.26. The molecular weight excluding hydrogens is 262 g/mol. The first kappa shape index (κ1) is 15.9. The first-order valence-corrected chi connectivity index (χ1v) is 6.48. The number of hydrogen-bond acceptors (Lipinski definition) is 5. The maximum absolute atomic E-state index is 11.5. The molecule has 20 heavy (non-hydrogen) atoms. The van der Waals surface area contributed by atoms with Gasteiger partial charge in [0.2, 0.25) is 5.91 Å². The van der Waals surface area contributed by atoms with Gasteiger partial charge in [0.15, 0.2) is 5.75 Å². The fourth-order valence-electron chi connectivity index (χ4n) is 1.57. The van der Waals surface area contributed by atoms with Crippen LogP contribution in [0, 0.1) is 10.1 Å². The number of carbonyl (C=O) groups is 1. The van der Waals surface area contributed by atoms with Gasteiger partial charge in [0.25, 0.3) is 0 Å². The molecule has 0 saturated heterocycles. The Bertz CT molecular complexity index is 451. The molecule has 0 aliphatic carbocycles. The summed E-state index contributed by atoms with van der Waals surface area (Å²) >= 11 is 0. The second-order valence-electron chi connectivity index (χ2n) is 4.17. The lowest BCUT2D eigenvalue weighted by Gasteiger charge is -2.07. The largest absolute Gasteiger partial charge is 0.486 e. The normalized spacial score (nSPS) is 10.1.